The Hall–Kier alpha value is -1.36. The van der Waals surface area contributed by atoms with Crippen molar-refractivity contribution in [1.29, 1.82) is 0 Å². The van der Waals surface area contributed by atoms with E-state index in [-0.39, 0.29) is 4.90 Å². The first-order valence-corrected chi connectivity index (χ1v) is 8.71. The van der Waals surface area contributed by atoms with E-state index in [0.717, 1.165) is 24.8 Å². The zero-order valence-corrected chi connectivity index (χ0v) is 12.7. The largest absolute Gasteiger partial charge is 0.481 e. The van der Waals surface area contributed by atoms with Crippen LogP contribution in [0.5, 0.6) is 0 Å². The van der Waals surface area contributed by atoms with E-state index >= 15 is 0 Å². The number of carboxylic acid groups (broad SMARTS) is 1. The number of aryl methyl sites for hydroxylation is 1. The average Bonchev–Trinajstić information content (AvgIpc) is 2.37. The number of hydrogen-bond donors (Lipinski definition) is 1. The van der Waals surface area contributed by atoms with Crippen molar-refractivity contribution >= 4 is 15.8 Å². The van der Waals surface area contributed by atoms with Crippen LogP contribution in [0.3, 0.4) is 0 Å². The van der Waals surface area contributed by atoms with Gasteiger partial charge in [0.05, 0.1) is 10.3 Å². The van der Waals surface area contributed by atoms with Gasteiger partial charge in [-0.2, -0.15) is 0 Å². The molecule has 0 unspecified atom stereocenters. The molecule has 1 aliphatic carbocycles. The summed E-state index contributed by atoms with van der Waals surface area (Å²) >= 11 is 0. The third kappa shape index (κ3) is 2.59. The second kappa shape index (κ2) is 5.20. The Bertz CT molecular complexity index is 625. The number of hydrogen-bond acceptors (Lipinski definition) is 3. The Morgan fingerprint density at radius 1 is 1.20 bits per heavy atom. The van der Waals surface area contributed by atoms with E-state index in [0.29, 0.717) is 18.4 Å². The van der Waals surface area contributed by atoms with Crippen LogP contribution in [0.4, 0.5) is 0 Å². The Labute approximate surface area is 119 Å². The number of carbonyl (C=O) groups is 1. The van der Waals surface area contributed by atoms with E-state index in [1.54, 1.807) is 25.1 Å². The van der Waals surface area contributed by atoms with Gasteiger partial charge in [0, 0.05) is 6.26 Å². The van der Waals surface area contributed by atoms with Gasteiger partial charge in [0.25, 0.3) is 0 Å². The molecule has 1 aliphatic rings. The summed E-state index contributed by atoms with van der Waals surface area (Å²) in [7, 11) is -3.27. The summed E-state index contributed by atoms with van der Waals surface area (Å²) in [5.41, 5.74) is 0.504. The molecule has 0 saturated heterocycles. The Balaban J connectivity index is 2.51. The number of carboxylic acids is 1. The first-order chi connectivity index (χ1) is 9.27. The van der Waals surface area contributed by atoms with Gasteiger partial charge in [0.1, 0.15) is 0 Å². The number of rotatable bonds is 3. The highest BCUT2D eigenvalue weighted by Crippen LogP contribution is 2.40. The molecule has 1 saturated carbocycles. The van der Waals surface area contributed by atoms with Crippen LogP contribution in [0.25, 0.3) is 0 Å². The lowest BCUT2D eigenvalue weighted by molar-refractivity contribution is -0.145. The molecular weight excluding hydrogens is 276 g/mol. The Morgan fingerprint density at radius 2 is 1.80 bits per heavy atom. The predicted octanol–water partition coefficient (Wildman–Crippen LogP) is 2.69. The van der Waals surface area contributed by atoms with Gasteiger partial charge < -0.3 is 5.11 Å². The predicted molar refractivity (Wildman–Crippen MR) is 76.7 cm³/mol. The molecule has 1 aromatic carbocycles. The third-order valence-electron chi connectivity index (χ3n) is 4.24. The summed E-state index contributed by atoms with van der Waals surface area (Å²) in [5, 5.41) is 9.64. The summed E-state index contributed by atoms with van der Waals surface area (Å²) in [6.45, 7) is 1.72. The van der Waals surface area contributed by atoms with Crippen LogP contribution in [0, 0.1) is 6.92 Å². The summed E-state index contributed by atoms with van der Waals surface area (Å²) < 4.78 is 23.3. The van der Waals surface area contributed by atoms with E-state index in [1.165, 1.54) is 6.26 Å². The minimum absolute atomic E-state index is 0.276. The van der Waals surface area contributed by atoms with Gasteiger partial charge >= 0.3 is 5.97 Å². The molecule has 0 bridgehead atoms. The van der Waals surface area contributed by atoms with Gasteiger partial charge in [0.2, 0.25) is 0 Å². The lowest BCUT2D eigenvalue weighted by Crippen LogP contribution is -2.37. The smallest absolute Gasteiger partial charge is 0.314 e. The van der Waals surface area contributed by atoms with Crippen LogP contribution in [0.15, 0.2) is 23.1 Å². The average molecular weight is 296 g/mol. The molecule has 0 aromatic heterocycles. The van der Waals surface area contributed by atoms with Crippen molar-refractivity contribution in [2.24, 2.45) is 0 Å². The van der Waals surface area contributed by atoms with Gasteiger partial charge in [-0.3, -0.25) is 4.79 Å². The van der Waals surface area contributed by atoms with Crippen molar-refractivity contribution in [3.63, 3.8) is 0 Å². The van der Waals surface area contributed by atoms with Gasteiger partial charge in [-0.1, -0.05) is 31.4 Å². The van der Waals surface area contributed by atoms with Crippen molar-refractivity contribution in [2.75, 3.05) is 6.26 Å². The first-order valence-electron chi connectivity index (χ1n) is 6.82. The van der Waals surface area contributed by atoms with Crippen LogP contribution in [-0.2, 0) is 20.0 Å². The minimum atomic E-state index is -3.27. The van der Waals surface area contributed by atoms with Crippen LogP contribution in [0.1, 0.15) is 43.2 Å². The molecular formula is C15H20O4S. The van der Waals surface area contributed by atoms with Gasteiger partial charge in [-0.05, 0) is 37.0 Å². The van der Waals surface area contributed by atoms with E-state index in [2.05, 4.69) is 0 Å². The maximum Gasteiger partial charge on any atom is 0.314 e. The molecule has 4 nitrogen and oxygen atoms in total. The Morgan fingerprint density at radius 3 is 2.25 bits per heavy atom. The Kier molecular flexibility index (Phi) is 3.91. The molecule has 0 aliphatic heterocycles. The fourth-order valence-corrected chi connectivity index (χ4v) is 4.10. The molecule has 5 heteroatoms. The zero-order chi connectivity index (χ0) is 15.0. The number of aliphatic carboxylic acids is 1. The fraction of sp³-hybridized carbons (Fsp3) is 0.533. The topological polar surface area (TPSA) is 71.4 Å². The summed E-state index contributed by atoms with van der Waals surface area (Å²) in [6.07, 6.45) is 5.29. The van der Waals surface area contributed by atoms with Crippen molar-refractivity contribution < 1.29 is 18.3 Å². The van der Waals surface area contributed by atoms with E-state index < -0.39 is 21.2 Å². The third-order valence-corrected chi connectivity index (χ3v) is 5.50. The zero-order valence-electron chi connectivity index (χ0n) is 11.8. The molecule has 1 N–H and O–H groups in total. The van der Waals surface area contributed by atoms with E-state index in [1.807, 2.05) is 0 Å². The summed E-state index contributed by atoms with van der Waals surface area (Å²) in [5.74, 6) is -0.802. The lowest BCUT2D eigenvalue weighted by atomic mass is 9.69. The standard InChI is InChI=1S/C15H20O4S/c1-11-10-12(6-7-13(11)20(2,18)19)15(14(16)17)8-4-3-5-9-15/h6-7,10H,3-5,8-9H2,1-2H3,(H,16,17). The van der Waals surface area contributed by atoms with Crippen molar-refractivity contribution in [1.82, 2.24) is 0 Å². The van der Waals surface area contributed by atoms with Crippen molar-refractivity contribution in [2.45, 2.75) is 49.3 Å². The van der Waals surface area contributed by atoms with Gasteiger partial charge in [-0.15, -0.1) is 0 Å². The molecule has 2 rings (SSSR count). The van der Waals surface area contributed by atoms with Crippen molar-refractivity contribution in [3.8, 4) is 0 Å². The number of sulfone groups is 1. The monoisotopic (exact) mass is 296 g/mol. The lowest BCUT2D eigenvalue weighted by Gasteiger charge is -2.34. The van der Waals surface area contributed by atoms with E-state index in [4.69, 9.17) is 0 Å². The minimum Gasteiger partial charge on any atom is -0.481 e. The molecule has 0 spiro atoms. The van der Waals surface area contributed by atoms with Crippen LogP contribution < -0.4 is 0 Å². The first kappa shape index (κ1) is 15.0. The highest BCUT2D eigenvalue weighted by Gasteiger charge is 2.41. The van der Waals surface area contributed by atoms with Crippen LogP contribution >= 0.6 is 0 Å². The summed E-state index contributed by atoms with van der Waals surface area (Å²) in [4.78, 5) is 12.0. The SMILES string of the molecule is Cc1cc(C2(C(=O)O)CCCCC2)ccc1S(C)(=O)=O. The highest BCUT2D eigenvalue weighted by molar-refractivity contribution is 7.90. The second-order valence-corrected chi connectivity index (χ2v) is 7.68. The molecule has 0 radical (unpaired) electrons. The molecule has 0 atom stereocenters. The summed E-state index contributed by atoms with van der Waals surface area (Å²) in [6, 6.07) is 4.94. The molecule has 1 fully saturated rings. The number of benzene rings is 1. The van der Waals surface area contributed by atoms with Gasteiger partial charge in [-0.25, -0.2) is 8.42 Å². The molecule has 20 heavy (non-hydrogen) atoms. The van der Waals surface area contributed by atoms with Gasteiger partial charge in [0.15, 0.2) is 9.84 Å². The van der Waals surface area contributed by atoms with Crippen molar-refractivity contribution in [3.05, 3.63) is 29.3 Å². The highest BCUT2D eigenvalue weighted by atomic mass is 32.2. The molecule has 0 heterocycles. The van der Waals surface area contributed by atoms with Crippen LogP contribution in [-0.4, -0.2) is 25.7 Å². The maximum atomic E-state index is 11.8. The normalized spacial score (nSPS) is 18.7. The second-order valence-electron chi connectivity index (χ2n) is 5.70. The molecule has 1 aromatic rings. The quantitative estimate of drug-likeness (QED) is 0.931. The van der Waals surface area contributed by atoms with Crippen LogP contribution in [0.2, 0.25) is 0 Å². The fourth-order valence-electron chi connectivity index (χ4n) is 3.14. The molecule has 110 valence electrons. The molecule has 0 amide bonds. The maximum absolute atomic E-state index is 11.8. The van der Waals surface area contributed by atoms with E-state index in [9.17, 15) is 18.3 Å².